The second kappa shape index (κ2) is 9.42. The molecule has 0 saturated carbocycles. The molecule has 0 fully saturated rings. The highest BCUT2D eigenvalue weighted by Gasteiger charge is 2.49. The average Bonchev–Trinajstić information content (AvgIpc) is 3.31. The lowest BCUT2D eigenvalue weighted by molar-refractivity contribution is -0.384. The number of nitro benzene ring substituents is 1. The normalized spacial score (nSPS) is 17.7. The van der Waals surface area contributed by atoms with Gasteiger partial charge in [-0.15, -0.1) is 0 Å². The zero-order valence-electron chi connectivity index (χ0n) is 20.5. The SMILES string of the molecule is COc1ccc2cc(C3=CC(c4cccc([N+](=O)[O-])c4)(S(=O)(=O)Nc4cc(C)on4)CC(=O)C3)ccc2c1. The van der Waals surface area contributed by atoms with Crippen molar-refractivity contribution in [1.82, 2.24) is 5.16 Å². The van der Waals surface area contributed by atoms with E-state index < -0.39 is 26.1 Å². The molecular formula is C27H23N3O7S. The topological polar surface area (TPSA) is 142 Å². The van der Waals surface area contributed by atoms with Gasteiger partial charge in [0.05, 0.1) is 12.0 Å². The smallest absolute Gasteiger partial charge is 0.269 e. The van der Waals surface area contributed by atoms with Crippen LogP contribution < -0.4 is 9.46 Å². The predicted octanol–water partition coefficient (Wildman–Crippen LogP) is 5.14. The van der Waals surface area contributed by atoms with Gasteiger partial charge in [-0.3, -0.25) is 19.6 Å². The summed E-state index contributed by atoms with van der Waals surface area (Å²) in [7, 11) is -2.83. The van der Waals surface area contributed by atoms with Crippen molar-refractivity contribution in [1.29, 1.82) is 0 Å². The molecule has 1 aliphatic rings. The summed E-state index contributed by atoms with van der Waals surface area (Å²) in [6, 6.07) is 17.9. The number of hydrogen-bond acceptors (Lipinski definition) is 8. The number of sulfonamides is 1. The summed E-state index contributed by atoms with van der Waals surface area (Å²) in [5, 5.41) is 17.0. The minimum Gasteiger partial charge on any atom is -0.497 e. The molecule has 1 unspecified atom stereocenters. The number of ether oxygens (including phenoxy) is 1. The van der Waals surface area contributed by atoms with Crippen LogP contribution in [0.2, 0.25) is 0 Å². The van der Waals surface area contributed by atoms with Crippen LogP contribution in [0.1, 0.15) is 29.7 Å². The fourth-order valence-electron chi connectivity index (χ4n) is 4.73. The van der Waals surface area contributed by atoms with Gasteiger partial charge in [-0.05, 0) is 52.6 Å². The number of aromatic nitrogens is 1. The molecule has 3 aromatic carbocycles. The van der Waals surface area contributed by atoms with Crippen LogP contribution in [0.5, 0.6) is 5.75 Å². The van der Waals surface area contributed by atoms with Crippen LogP contribution in [0.25, 0.3) is 16.3 Å². The van der Waals surface area contributed by atoms with E-state index in [1.165, 1.54) is 36.4 Å². The predicted molar refractivity (Wildman–Crippen MR) is 141 cm³/mol. The number of hydrogen-bond donors (Lipinski definition) is 1. The number of allylic oxidation sites excluding steroid dienone is 1. The highest BCUT2D eigenvalue weighted by Crippen LogP contribution is 2.45. The third-order valence-electron chi connectivity index (χ3n) is 6.57. The van der Waals surface area contributed by atoms with E-state index in [-0.39, 0.29) is 29.3 Å². The number of benzene rings is 3. The molecule has 0 spiro atoms. The fourth-order valence-corrected chi connectivity index (χ4v) is 6.37. The largest absolute Gasteiger partial charge is 0.497 e. The van der Waals surface area contributed by atoms with E-state index in [2.05, 4.69) is 9.88 Å². The van der Waals surface area contributed by atoms with Crippen molar-refractivity contribution < 1.29 is 27.4 Å². The molecule has 10 nitrogen and oxygen atoms in total. The number of methoxy groups -OCH3 is 1. The second-order valence-corrected chi connectivity index (χ2v) is 11.1. The number of non-ortho nitro benzene ring substituents is 1. The van der Waals surface area contributed by atoms with Crippen molar-refractivity contribution in [2.24, 2.45) is 0 Å². The molecule has 0 aliphatic heterocycles. The first-order valence-electron chi connectivity index (χ1n) is 11.6. The Morgan fingerprint density at radius 1 is 1.08 bits per heavy atom. The Labute approximate surface area is 218 Å². The van der Waals surface area contributed by atoms with Crippen molar-refractivity contribution in [2.75, 3.05) is 11.8 Å². The van der Waals surface area contributed by atoms with Crippen LogP contribution in [0.4, 0.5) is 11.5 Å². The minimum atomic E-state index is -4.41. The summed E-state index contributed by atoms with van der Waals surface area (Å²) < 4.78 is 38.8. The Balaban J connectivity index is 1.71. The van der Waals surface area contributed by atoms with E-state index in [0.29, 0.717) is 22.6 Å². The van der Waals surface area contributed by atoms with Gasteiger partial charge in [0, 0.05) is 31.0 Å². The maximum absolute atomic E-state index is 14.0. The quantitative estimate of drug-likeness (QED) is 0.254. The number of Topliss-reactive ketones (excluding diaryl/α,β-unsaturated/α-hetero) is 1. The third kappa shape index (κ3) is 4.52. The van der Waals surface area contributed by atoms with Gasteiger partial charge in [-0.1, -0.05) is 41.6 Å². The van der Waals surface area contributed by atoms with Crippen LogP contribution in [0.15, 0.2) is 77.3 Å². The molecule has 1 N–H and O–H groups in total. The molecular weight excluding hydrogens is 510 g/mol. The van der Waals surface area contributed by atoms with E-state index >= 15 is 0 Å². The van der Waals surface area contributed by atoms with Crippen LogP contribution in [-0.4, -0.2) is 31.4 Å². The highest BCUT2D eigenvalue weighted by atomic mass is 32.2. The van der Waals surface area contributed by atoms with E-state index in [4.69, 9.17) is 9.26 Å². The van der Waals surface area contributed by atoms with Gasteiger partial charge < -0.3 is 9.26 Å². The molecule has 11 heteroatoms. The Morgan fingerprint density at radius 3 is 2.55 bits per heavy atom. The number of ketones is 1. The number of anilines is 1. The lowest BCUT2D eigenvalue weighted by Gasteiger charge is -2.34. The van der Waals surface area contributed by atoms with Gasteiger partial charge in [0.2, 0.25) is 10.0 Å². The summed E-state index contributed by atoms with van der Waals surface area (Å²) >= 11 is 0. The first-order valence-corrected chi connectivity index (χ1v) is 13.1. The van der Waals surface area contributed by atoms with Gasteiger partial charge >= 0.3 is 0 Å². The zero-order chi connectivity index (χ0) is 27.1. The lowest BCUT2D eigenvalue weighted by Crippen LogP contribution is -2.42. The number of carbonyl (C=O) groups excluding carboxylic acids is 1. The Kier molecular flexibility index (Phi) is 6.23. The average molecular weight is 534 g/mol. The van der Waals surface area contributed by atoms with E-state index in [1.54, 1.807) is 14.0 Å². The number of aryl methyl sites for hydroxylation is 1. The number of nitro groups is 1. The molecule has 1 heterocycles. The van der Waals surface area contributed by atoms with Crippen LogP contribution in [0.3, 0.4) is 0 Å². The van der Waals surface area contributed by atoms with Gasteiger partial charge in [0.25, 0.3) is 5.69 Å². The molecule has 1 aromatic heterocycles. The van der Waals surface area contributed by atoms with Crippen molar-refractivity contribution in [3.05, 3.63) is 99.8 Å². The van der Waals surface area contributed by atoms with Gasteiger partial charge in [0.1, 0.15) is 22.0 Å². The van der Waals surface area contributed by atoms with Crippen LogP contribution in [0, 0.1) is 17.0 Å². The number of nitrogens with one attached hydrogen (secondary N) is 1. The van der Waals surface area contributed by atoms with Crippen LogP contribution >= 0.6 is 0 Å². The molecule has 38 heavy (non-hydrogen) atoms. The highest BCUT2D eigenvalue weighted by molar-refractivity contribution is 7.93. The van der Waals surface area contributed by atoms with Crippen LogP contribution in [-0.2, 0) is 19.6 Å². The van der Waals surface area contributed by atoms with E-state index in [0.717, 1.165) is 10.8 Å². The van der Waals surface area contributed by atoms with E-state index in [1.807, 2.05) is 36.4 Å². The Bertz CT molecular complexity index is 1730. The van der Waals surface area contributed by atoms with Crippen molar-refractivity contribution in [3.63, 3.8) is 0 Å². The number of carbonyl (C=O) groups is 1. The molecule has 1 aliphatic carbocycles. The monoisotopic (exact) mass is 533 g/mol. The second-order valence-electron chi connectivity index (χ2n) is 9.11. The van der Waals surface area contributed by atoms with E-state index in [9.17, 15) is 23.3 Å². The standard InChI is InChI=1S/C27H23N3O7S/c1-17-10-26(28-37-17)29-38(34,35)27(22-4-3-5-23(14-22)30(32)33)15-21(12-24(31)16-27)19-6-7-20-13-25(36-2)9-8-18(20)11-19/h3-11,13-15H,12,16H2,1-2H3,(H,28,29). The van der Waals surface area contributed by atoms with Crippen molar-refractivity contribution in [3.8, 4) is 5.75 Å². The fraction of sp³-hybridized carbons (Fsp3) is 0.185. The minimum absolute atomic E-state index is 0.0108. The molecule has 0 bridgehead atoms. The molecule has 0 amide bonds. The molecule has 1 atom stereocenters. The molecule has 0 radical (unpaired) electrons. The lowest BCUT2D eigenvalue weighted by atomic mass is 9.81. The summed E-state index contributed by atoms with van der Waals surface area (Å²) in [4.78, 5) is 24.1. The zero-order valence-corrected chi connectivity index (χ0v) is 21.3. The first kappa shape index (κ1) is 25.2. The summed E-state index contributed by atoms with van der Waals surface area (Å²) in [6.45, 7) is 1.61. The van der Waals surface area contributed by atoms with Gasteiger partial charge in [-0.25, -0.2) is 8.42 Å². The molecule has 5 rings (SSSR count). The summed E-state index contributed by atoms with van der Waals surface area (Å²) in [6.07, 6.45) is 1.12. The van der Waals surface area contributed by atoms with Gasteiger partial charge in [-0.2, -0.15) is 0 Å². The van der Waals surface area contributed by atoms with Crippen molar-refractivity contribution >= 4 is 43.7 Å². The third-order valence-corrected chi connectivity index (χ3v) is 8.50. The maximum Gasteiger partial charge on any atom is 0.269 e. The number of rotatable bonds is 7. The van der Waals surface area contributed by atoms with Gasteiger partial charge in [0.15, 0.2) is 5.82 Å². The Hall–Kier alpha value is -4.51. The molecule has 194 valence electrons. The van der Waals surface area contributed by atoms with Crippen molar-refractivity contribution in [2.45, 2.75) is 24.5 Å². The molecule has 4 aromatic rings. The summed E-state index contributed by atoms with van der Waals surface area (Å²) in [5.74, 6) is 0.698. The maximum atomic E-state index is 14.0. The Morgan fingerprint density at radius 2 is 1.84 bits per heavy atom. The first-order chi connectivity index (χ1) is 18.1. The molecule has 0 saturated heterocycles. The summed E-state index contributed by atoms with van der Waals surface area (Å²) in [5.41, 5.74) is 0.961. The number of nitrogens with zero attached hydrogens (tertiary/aromatic N) is 2. The number of fused-ring (bicyclic) bond motifs is 1.